The Balaban J connectivity index is 2.02. The third kappa shape index (κ3) is 5.31. The summed E-state index contributed by atoms with van der Waals surface area (Å²) in [6, 6.07) is 9.58. The maximum atomic E-state index is 13.0. The molecule has 2 aromatic heterocycles. The smallest absolute Gasteiger partial charge is 0.222 e. The van der Waals surface area contributed by atoms with Crippen LogP contribution in [0.1, 0.15) is 40.0 Å². The topological polar surface area (TPSA) is 140 Å². The quantitative estimate of drug-likeness (QED) is 0.446. The van der Waals surface area contributed by atoms with Gasteiger partial charge >= 0.3 is 0 Å². The molecule has 0 saturated carbocycles. The van der Waals surface area contributed by atoms with E-state index in [-0.39, 0.29) is 21.6 Å². The Labute approximate surface area is 187 Å². The van der Waals surface area contributed by atoms with Gasteiger partial charge < -0.3 is 16.4 Å². The van der Waals surface area contributed by atoms with E-state index >= 15 is 0 Å². The fourth-order valence-corrected chi connectivity index (χ4v) is 4.60. The SMILES string of the molecule is CCCC[C@](C)(CNC(C)=O)Nc1nc(N)nc2cc(S(=O)(=O)c3ccccc3)cnc12. The lowest BCUT2D eigenvalue weighted by Crippen LogP contribution is -2.46. The van der Waals surface area contributed by atoms with Crippen LogP contribution in [0.2, 0.25) is 0 Å². The average molecular weight is 457 g/mol. The highest BCUT2D eigenvalue weighted by molar-refractivity contribution is 7.91. The predicted octanol–water partition coefficient (Wildman–Crippen LogP) is 2.94. The number of hydrogen-bond acceptors (Lipinski definition) is 8. The molecule has 0 fully saturated rings. The van der Waals surface area contributed by atoms with E-state index in [0.717, 1.165) is 19.3 Å². The zero-order valence-electron chi connectivity index (χ0n) is 18.4. The van der Waals surface area contributed by atoms with Gasteiger partial charge in [-0.1, -0.05) is 38.0 Å². The Hall–Kier alpha value is -3.27. The molecular formula is C22H28N6O3S. The van der Waals surface area contributed by atoms with Gasteiger partial charge in [0.25, 0.3) is 0 Å². The average Bonchev–Trinajstić information content (AvgIpc) is 2.76. The molecule has 3 rings (SSSR count). The molecule has 0 radical (unpaired) electrons. The second-order valence-electron chi connectivity index (χ2n) is 7.98. The zero-order chi connectivity index (χ0) is 23.4. The molecule has 0 aliphatic carbocycles. The van der Waals surface area contributed by atoms with Crippen molar-refractivity contribution in [2.45, 2.75) is 55.4 Å². The summed E-state index contributed by atoms with van der Waals surface area (Å²) < 4.78 is 25.9. The zero-order valence-corrected chi connectivity index (χ0v) is 19.2. The fraction of sp³-hybridized carbons (Fsp3) is 0.364. The fourth-order valence-electron chi connectivity index (χ4n) is 3.36. The molecule has 2 heterocycles. The molecule has 9 nitrogen and oxygen atoms in total. The molecule has 1 atom stereocenters. The summed E-state index contributed by atoms with van der Waals surface area (Å²) in [5, 5.41) is 6.21. The van der Waals surface area contributed by atoms with E-state index in [1.807, 2.05) is 6.92 Å². The maximum absolute atomic E-state index is 13.0. The Kier molecular flexibility index (Phi) is 6.93. The van der Waals surface area contributed by atoms with Crippen LogP contribution in [0.25, 0.3) is 11.0 Å². The lowest BCUT2D eigenvalue weighted by Gasteiger charge is -2.32. The lowest BCUT2D eigenvalue weighted by atomic mass is 9.94. The first-order valence-corrected chi connectivity index (χ1v) is 11.9. The molecule has 1 amide bonds. The number of carbonyl (C=O) groups is 1. The summed E-state index contributed by atoms with van der Waals surface area (Å²) in [5.74, 6) is 0.254. The Morgan fingerprint density at radius 2 is 1.88 bits per heavy atom. The monoisotopic (exact) mass is 456 g/mol. The standard InChI is InChI=1S/C22H28N6O3S/c1-4-5-11-22(3,14-25-15(2)29)28-20-19-18(26-21(23)27-20)12-17(13-24-19)32(30,31)16-9-7-6-8-10-16/h6-10,12-13H,4-5,11,14H2,1-3H3,(H,25,29)(H3,23,26,27,28)/t22-/m1/s1. The minimum atomic E-state index is -3.75. The molecule has 32 heavy (non-hydrogen) atoms. The summed E-state index contributed by atoms with van der Waals surface area (Å²) in [6.45, 7) is 5.92. The van der Waals surface area contributed by atoms with Crippen LogP contribution in [0.3, 0.4) is 0 Å². The molecule has 0 bridgehead atoms. The van der Waals surface area contributed by atoms with Crippen LogP contribution in [0.4, 0.5) is 11.8 Å². The Bertz CT molecular complexity index is 1220. The van der Waals surface area contributed by atoms with Gasteiger partial charge in [-0.3, -0.25) is 4.79 Å². The van der Waals surface area contributed by atoms with Crippen LogP contribution in [0.15, 0.2) is 52.4 Å². The van der Waals surface area contributed by atoms with Crippen molar-refractivity contribution >= 4 is 38.5 Å². The third-order valence-corrected chi connectivity index (χ3v) is 6.86. The number of anilines is 2. The summed E-state index contributed by atoms with van der Waals surface area (Å²) in [7, 11) is -3.75. The second kappa shape index (κ2) is 9.47. The van der Waals surface area contributed by atoms with Gasteiger partial charge in [-0.2, -0.15) is 4.98 Å². The largest absolute Gasteiger partial charge is 0.368 e. The van der Waals surface area contributed by atoms with E-state index in [9.17, 15) is 13.2 Å². The first kappa shape index (κ1) is 23.4. The van der Waals surface area contributed by atoms with Gasteiger partial charge in [0.1, 0.15) is 5.52 Å². The lowest BCUT2D eigenvalue weighted by molar-refractivity contribution is -0.119. The van der Waals surface area contributed by atoms with E-state index in [1.165, 1.54) is 31.3 Å². The Morgan fingerprint density at radius 1 is 1.16 bits per heavy atom. The normalized spacial score (nSPS) is 13.5. The highest BCUT2D eigenvalue weighted by atomic mass is 32.2. The van der Waals surface area contributed by atoms with Gasteiger partial charge in [-0.15, -0.1) is 0 Å². The van der Waals surface area contributed by atoms with E-state index in [1.54, 1.807) is 18.2 Å². The molecule has 0 aliphatic heterocycles. The van der Waals surface area contributed by atoms with Crippen LogP contribution >= 0.6 is 0 Å². The summed E-state index contributed by atoms with van der Waals surface area (Å²) in [6.07, 6.45) is 4.00. The van der Waals surface area contributed by atoms with Crippen LogP contribution in [-0.4, -0.2) is 41.4 Å². The highest BCUT2D eigenvalue weighted by Crippen LogP contribution is 2.28. The van der Waals surface area contributed by atoms with Crippen LogP contribution in [-0.2, 0) is 14.6 Å². The van der Waals surface area contributed by atoms with Crippen molar-refractivity contribution in [1.29, 1.82) is 0 Å². The number of benzene rings is 1. The summed E-state index contributed by atoms with van der Waals surface area (Å²) >= 11 is 0. The number of nitrogen functional groups attached to an aromatic ring is 1. The van der Waals surface area contributed by atoms with Crippen molar-refractivity contribution in [3.8, 4) is 0 Å². The van der Waals surface area contributed by atoms with E-state index in [2.05, 4.69) is 32.5 Å². The molecule has 0 saturated heterocycles. The van der Waals surface area contributed by atoms with Crippen LogP contribution in [0, 0.1) is 0 Å². The number of unbranched alkanes of at least 4 members (excludes halogenated alkanes) is 1. The minimum absolute atomic E-state index is 0.00609. The molecule has 10 heteroatoms. The van der Waals surface area contributed by atoms with E-state index < -0.39 is 15.4 Å². The van der Waals surface area contributed by atoms with Crippen molar-refractivity contribution in [2.75, 3.05) is 17.6 Å². The molecule has 4 N–H and O–H groups in total. The maximum Gasteiger partial charge on any atom is 0.222 e. The summed E-state index contributed by atoms with van der Waals surface area (Å²) in [4.78, 5) is 24.5. The van der Waals surface area contributed by atoms with Crippen LogP contribution < -0.4 is 16.4 Å². The number of aromatic nitrogens is 3. The van der Waals surface area contributed by atoms with E-state index in [4.69, 9.17) is 5.73 Å². The number of fused-ring (bicyclic) bond motifs is 1. The molecular weight excluding hydrogens is 428 g/mol. The molecule has 3 aromatic rings. The molecule has 1 aromatic carbocycles. The first-order valence-electron chi connectivity index (χ1n) is 10.4. The van der Waals surface area contributed by atoms with Crippen molar-refractivity contribution in [1.82, 2.24) is 20.3 Å². The number of sulfone groups is 1. The van der Waals surface area contributed by atoms with Gasteiger partial charge in [0.05, 0.1) is 20.8 Å². The van der Waals surface area contributed by atoms with Crippen molar-refractivity contribution < 1.29 is 13.2 Å². The Morgan fingerprint density at radius 3 is 2.53 bits per heavy atom. The van der Waals surface area contributed by atoms with Gasteiger partial charge in [-0.05, 0) is 31.5 Å². The van der Waals surface area contributed by atoms with Crippen molar-refractivity contribution in [3.63, 3.8) is 0 Å². The number of pyridine rings is 1. The van der Waals surface area contributed by atoms with Crippen molar-refractivity contribution in [3.05, 3.63) is 42.6 Å². The first-order chi connectivity index (χ1) is 15.1. The predicted molar refractivity (Wildman–Crippen MR) is 124 cm³/mol. The number of nitrogens with two attached hydrogens (primary N) is 1. The molecule has 0 unspecified atom stereocenters. The molecule has 0 aliphatic rings. The third-order valence-electron chi connectivity index (χ3n) is 5.12. The highest BCUT2D eigenvalue weighted by Gasteiger charge is 2.27. The number of amides is 1. The number of hydrogen-bond donors (Lipinski definition) is 3. The molecule has 0 spiro atoms. The van der Waals surface area contributed by atoms with Gasteiger partial charge in [0.2, 0.25) is 21.7 Å². The van der Waals surface area contributed by atoms with Gasteiger partial charge in [0, 0.05) is 19.7 Å². The minimum Gasteiger partial charge on any atom is -0.368 e. The van der Waals surface area contributed by atoms with Gasteiger partial charge in [0.15, 0.2) is 5.82 Å². The van der Waals surface area contributed by atoms with Crippen LogP contribution in [0.5, 0.6) is 0 Å². The second-order valence-corrected chi connectivity index (χ2v) is 9.93. The number of nitrogens with zero attached hydrogens (tertiary/aromatic N) is 3. The number of nitrogens with one attached hydrogen (secondary N) is 2. The number of rotatable bonds is 9. The number of carbonyl (C=O) groups excluding carboxylic acids is 1. The summed E-state index contributed by atoms with van der Waals surface area (Å²) in [5.41, 5.74) is 6.13. The van der Waals surface area contributed by atoms with E-state index in [0.29, 0.717) is 23.4 Å². The van der Waals surface area contributed by atoms with Crippen molar-refractivity contribution in [2.24, 2.45) is 0 Å². The van der Waals surface area contributed by atoms with Gasteiger partial charge in [-0.25, -0.2) is 18.4 Å². The molecule has 170 valence electrons.